The lowest BCUT2D eigenvalue weighted by atomic mass is 9.97. The van der Waals surface area contributed by atoms with Gasteiger partial charge in [-0.25, -0.2) is 9.97 Å². The average molecular weight is 408 g/mol. The van der Waals surface area contributed by atoms with Gasteiger partial charge < -0.3 is 15.1 Å². The molecule has 2 aromatic rings. The van der Waals surface area contributed by atoms with Crippen molar-refractivity contribution in [2.75, 3.05) is 44.2 Å². The number of rotatable bonds is 7. The van der Waals surface area contributed by atoms with E-state index in [9.17, 15) is 4.79 Å². The summed E-state index contributed by atoms with van der Waals surface area (Å²) >= 11 is 0. The molecule has 2 saturated heterocycles. The fraction of sp³-hybridized carbons (Fsp3) is 0.542. The quantitative estimate of drug-likeness (QED) is 0.713. The molecule has 1 aromatic carbocycles. The topological polar surface area (TPSA) is 61.4 Å². The molecule has 4 rings (SSSR count). The molecular formula is C24H33N5O. The highest BCUT2D eigenvalue weighted by atomic mass is 16.1. The summed E-state index contributed by atoms with van der Waals surface area (Å²) < 4.78 is 0. The van der Waals surface area contributed by atoms with Crippen LogP contribution in [0.15, 0.2) is 42.6 Å². The van der Waals surface area contributed by atoms with E-state index in [1.54, 1.807) is 0 Å². The highest BCUT2D eigenvalue weighted by molar-refractivity contribution is 5.79. The molecule has 6 nitrogen and oxygen atoms in total. The number of nitrogens with zero attached hydrogens (tertiary/aromatic N) is 4. The Kier molecular flexibility index (Phi) is 7.29. The van der Waals surface area contributed by atoms with Crippen LogP contribution < -0.4 is 10.2 Å². The van der Waals surface area contributed by atoms with Gasteiger partial charge in [0, 0.05) is 31.4 Å². The van der Waals surface area contributed by atoms with Gasteiger partial charge in [-0.1, -0.05) is 36.8 Å². The van der Waals surface area contributed by atoms with E-state index < -0.39 is 0 Å². The van der Waals surface area contributed by atoms with Crippen LogP contribution in [-0.4, -0.2) is 60.0 Å². The largest absolute Gasteiger partial charge is 0.356 e. The fourth-order valence-corrected chi connectivity index (χ4v) is 4.49. The van der Waals surface area contributed by atoms with Gasteiger partial charge in [0.2, 0.25) is 5.91 Å². The van der Waals surface area contributed by atoms with E-state index >= 15 is 0 Å². The van der Waals surface area contributed by atoms with Gasteiger partial charge in [0.25, 0.3) is 0 Å². The first-order valence-electron chi connectivity index (χ1n) is 11.4. The highest BCUT2D eigenvalue weighted by Gasteiger charge is 2.26. The lowest BCUT2D eigenvalue weighted by Crippen LogP contribution is -2.44. The Morgan fingerprint density at radius 1 is 1.03 bits per heavy atom. The van der Waals surface area contributed by atoms with Gasteiger partial charge in [0.15, 0.2) is 5.82 Å². The molecule has 6 heteroatoms. The zero-order chi connectivity index (χ0) is 20.6. The number of carbonyl (C=O) groups is 1. The molecule has 0 bridgehead atoms. The number of amides is 1. The smallest absolute Gasteiger partial charge is 0.224 e. The lowest BCUT2D eigenvalue weighted by Gasteiger charge is -2.33. The van der Waals surface area contributed by atoms with E-state index in [0.717, 1.165) is 62.6 Å². The Hall–Kier alpha value is -2.47. The predicted octanol–water partition coefficient (Wildman–Crippen LogP) is 3.35. The van der Waals surface area contributed by atoms with Crippen LogP contribution in [0.1, 0.15) is 38.5 Å². The molecule has 2 aliphatic heterocycles. The van der Waals surface area contributed by atoms with Crippen molar-refractivity contribution in [3.63, 3.8) is 0 Å². The normalized spacial score (nSPS) is 20.1. The molecule has 1 amide bonds. The van der Waals surface area contributed by atoms with E-state index in [-0.39, 0.29) is 11.8 Å². The Bertz CT molecular complexity index is 806. The summed E-state index contributed by atoms with van der Waals surface area (Å²) in [5.41, 5.74) is 1.01. The molecule has 0 saturated carbocycles. The predicted molar refractivity (Wildman–Crippen MR) is 120 cm³/mol. The number of likely N-dealkylation sites (tertiary alicyclic amines) is 1. The maximum Gasteiger partial charge on any atom is 0.224 e. The third kappa shape index (κ3) is 5.57. The Balaban J connectivity index is 1.28. The molecule has 0 unspecified atom stereocenters. The number of piperidine rings is 2. The van der Waals surface area contributed by atoms with E-state index in [1.807, 2.05) is 42.6 Å². The number of carbonyl (C=O) groups excluding carboxylic acids is 1. The third-order valence-corrected chi connectivity index (χ3v) is 6.19. The second kappa shape index (κ2) is 10.5. The number of hydrogen-bond acceptors (Lipinski definition) is 5. The van der Waals surface area contributed by atoms with Crippen LogP contribution in [0.5, 0.6) is 0 Å². The summed E-state index contributed by atoms with van der Waals surface area (Å²) in [6, 6.07) is 12.0. The molecule has 2 fully saturated rings. The standard InChI is InChI=1S/C24H33N5O/c30-24(26-13-8-17-28-15-5-2-6-16-28)21-11-7-18-29(19-21)22-12-14-25-23(27-22)20-9-3-1-4-10-20/h1,3-4,9-10,12,14,21H,2,5-8,11,13,15-19H2,(H,26,30)/t21-/m0/s1. The number of anilines is 1. The van der Waals surface area contributed by atoms with Gasteiger partial charge in [0.05, 0.1) is 5.92 Å². The minimum absolute atomic E-state index is 0.0314. The Labute approximate surface area is 179 Å². The molecule has 3 heterocycles. The molecule has 160 valence electrons. The van der Waals surface area contributed by atoms with E-state index in [2.05, 4.69) is 20.1 Å². The van der Waals surface area contributed by atoms with Crippen LogP contribution in [0, 0.1) is 5.92 Å². The minimum atomic E-state index is 0.0314. The van der Waals surface area contributed by atoms with Crippen LogP contribution in [-0.2, 0) is 4.79 Å². The van der Waals surface area contributed by atoms with Crippen LogP contribution in [0.2, 0.25) is 0 Å². The van der Waals surface area contributed by atoms with Crippen molar-refractivity contribution < 1.29 is 4.79 Å². The van der Waals surface area contributed by atoms with Crippen molar-refractivity contribution >= 4 is 11.7 Å². The summed E-state index contributed by atoms with van der Waals surface area (Å²) in [5.74, 6) is 1.86. The molecule has 30 heavy (non-hydrogen) atoms. The van der Waals surface area contributed by atoms with Crippen molar-refractivity contribution in [1.82, 2.24) is 20.2 Å². The average Bonchev–Trinajstić information content (AvgIpc) is 2.83. The van der Waals surface area contributed by atoms with Gasteiger partial charge in [-0.3, -0.25) is 4.79 Å². The third-order valence-electron chi connectivity index (χ3n) is 6.19. The van der Waals surface area contributed by atoms with Crippen LogP contribution >= 0.6 is 0 Å². The van der Waals surface area contributed by atoms with Crippen LogP contribution in [0.25, 0.3) is 11.4 Å². The van der Waals surface area contributed by atoms with Crippen molar-refractivity contribution in [3.8, 4) is 11.4 Å². The zero-order valence-corrected chi connectivity index (χ0v) is 17.8. The van der Waals surface area contributed by atoms with E-state index in [4.69, 9.17) is 4.98 Å². The molecule has 1 N–H and O–H groups in total. The lowest BCUT2D eigenvalue weighted by molar-refractivity contribution is -0.125. The molecule has 0 radical (unpaired) electrons. The van der Waals surface area contributed by atoms with E-state index in [1.165, 1.54) is 32.4 Å². The Morgan fingerprint density at radius 2 is 1.87 bits per heavy atom. The zero-order valence-electron chi connectivity index (χ0n) is 17.8. The minimum Gasteiger partial charge on any atom is -0.356 e. The maximum absolute atomic E-state index is 12.7. The summed E-state index contributed by atoms with van der Waals surface area (Å²) in [6.45, 7) is 5.97. The molecule has 1 atom stereocenters. The van der Waals surface area contributed by atoms with E-state index in [0.29, 0.717) is 0 Å². The van der Waals surface area contributed by atoms with Crippen LogP contribution in [0.3, 0.4) is 0 Å². The van der Waals surface area contributed by atoms with Crippen molar-refractivity contribution in [3.05, 3.63) is 42.6 Å². The molecular weight excluding hydrogens is 374 g/mol. The van der Waals surface area contributed by atoms with Crippen LogP contribution in [0.4, 0.5) is 5.82 Å². The first-order valence-corrected chi connectivity index (χ1v) is 11.4. The maximum atomic E-state index is 12.7. The molecule has 0 aliphatic carbocycles. The number of aromatic nitrogens is 2. The number of nitrogens with one attached hydrogen (secondary N) is 1. The first kappa shape index (κ1) is 20.8. The van der Waals surface area contributed by atoms with Crippen molar-refractivity contribution in [2.45, 2.75) is 38.5 Å². The van der Waals surface area contributed by atoms with Gasteiger partial charge in [-0.15, -0.1) is 0 Å². The first-order chi connectivity index (χ1) is 14.8. The van der Waals surface area contributed by atoms with Gasteiger partial charge >= 0.3 is 0 Å². The van der Waals surface area contributed by atoms with Crippen molar-refractivity contribution in [1.29, 1.82) is 0 Å². The summed E-state index contributed by atoms with van der Waals surface area (Å²) in [5, 5.41) is 3.18. The monoisotopic (exact) mass is 407 g/mol. The molecule has 1 aromatic heterocycles. The van der Waals surface area contributed by atoms with Gasteiger partial charge in [-0.05, 0) is 57.8 Å². The summed E-state index contributed by atoms with van der Waals surface area (Å²) in [7, 11) is 0. The highest BCUT2D eigenvalue weighted by Crippen LogP contribution is 2.24. The van der Waals surface area contributed by atoms with Gasteiger partial charge in [0.1, 0.15) is 5.82 Å². The summed E-state index contributed by atoms with van der Waals surface area (Å²) in [6.07, 6.45) is 8.81. The van der Waals surface area contributed by atoms with Gasteiger partial charge in [-0.2, -0.15) is 0 Å². The fourth-order valence-electron chi connectivity index (χ4n) is 4.49. The number of benzene rings is 1. The second-order valence-corrected chi connectivity index (χ2v) is 8.44. The number of hydrogen-bond donors (Lipinski definition) is 1. The summed E-state index contributed by atoms with van der Waals surface area (Å²) in [4.78, 5) is 26.7. The second-order valence-electron chi connectivity index (χ2n) is 8.44. The SMILES string of the molecule is O=C(NCCCN1CCCCC1)[C@H]1CCCN(c2ccnc(-c3ccccc3)n2)C1. The molecule has 2 aliphatic rings. The Morgan fingerprint density at radius 3 is 2.70 bits per heavy atom. The molecule has 0 spiro atoms. The van der Waals surface area contributed by atoms with Crippen molar-refractivity contribution in [2.24, 2.45) is 5.92 Å².